The normalized spacial score (nSPS) is 14.2. The Kier molecular flexibility index (Phi) is 7.68. The zero-order valence-electron chi connectivity index (χ0n) is 34.6. The zero-order valence-corrected chi connectivity index (χ0v) is 34.6. The lowest BCUT2D eigenvalue weighted by atomic mass is 9.76. The van der Waals surface area contributed by atoms with E-state index in [1.54, 1.807) is 0 Å². The van der Waals surface area contributed by atoms with Crippen molar-refractivity contribution in [2.75, 3.05) is 0 Å². The molecule has 0 atom stereocenters. The van der Waals surface area contributed by atoms with E-state index in [0.29, 0.717) is 0 Å². The molecule has 1 aliphatic rings. The molecule has 0 radical (unpaired) electrons. The van der Waals surface area contributed by atoms with Gasteiger partial charge in [0.2, 0.25) is 0 Å². The molecular weight excluding hydrogens is 661 g/mol. The second-order valence-electron chi connectivity index (χ2n) is 19.9. The molecule has 8 aromatic carbocycles. The van der Waals surface area contributed by atoms with Gasteiger partial charge in [-0.3, -0.25) is 0 Å². The van der Waals surface area contributed by atoms with Crippen LogP contribution in [0.15, 0.2) is 127 Å². The lowest BCUT2D eigenvalue weighted by molar-refractivity contribution is 0.580. The molecule has 0 N–H and O–H groups in total. The number of hydrogen-bond donors (Lipinski definition) is 0. The molecule has 0 bridgehead atoms. The molecule has 1 aliphatic carbocycles. The first kappa shape index (κ1) is 35.5. The van der Waals surface area contributed by atoms with Crippen LogP contribution in [0.2, 0.25) is 0 Å². The van der Waals surface area contributed by atoms with Crippen molar-refractivity contribution >= 4 is 32.3 Å². The molecule has 274 valence electrons. The van der Waals surface area contributed by atoms with Crippen molar-refractivity contribution in [1.29, 1.82) is 0 Å². The van der Waals surface area contributed by atoms with Crippen LogP contribution in [0.25, 0.3) is 76.8 Å². The van der Waals surface area contributed by atoms with Gasteiger partial charge < -0.3 is 0 Å². The van der Waals surface area contributed by atoms with Crippen LogP contribution in [0.3, 0.4) is 0 Å². The van der Waals surface area contributed by atoms with Crippen molar-refractivity contribution in [3.05, 3.63) is 155 Å². The van der Waals surface area contributed by atoms with Crippen LogP contribution in [0.4, 0.5) is 0 Å². The molecule has 0 spiro atoms. The summed E-state index contributed by atoms with van der Waals surface area (Å²) in [6.07, 6.45) is 0. The Morgan fingerprint density at radius 1 is 0.345 bits per heavy atom. The van der Waals surface area contributed by atoms with Gasteiger partial charge in [-0.2, -0.15) is 0 Å². The summed E-state index contributed by atoms with van der Waals surface area (Å²) in [5.41, 5.74) is 17.6. The zero-order chi connectivity index (χ0) is 38.8. The molecule has 8 aromatic rings. The van der Waals surface area contributed by atoms with Crippen LogP contribution < -0.4 is 0 Å². The third-order valence-corrected chi connectivity index (χ3v) is 12.7. The van der Waals surface area contributed by atoms with Crippen LogP contribution >= 0.6 is 0 Å². The molecule has 0 unspecified atom stereocenters. The highest BCUT2D eigenvalue weighted by Gasteiger charge is 2.39. The van der Waals surface area contributed by atoms with Gasteiger partial charge in [0.15, 0.2) is 0 Å². The maximum Gasteiger partial charge on any atom is 0.0159 e. The minimum atomic E-state index is -0.0753. The molecule has 55 heavy (non-hydrogen) atoms. The summed E-state index contributed by atoms with van der Waals surface area (Å²) in [6, 6.07) is 49.3. The molecule has 0 aliphatic heterocycles. The Bertz CT molecular complexity index is 2760. The van der Waals surface area contributed by atoms with Crippen molar-refractivity contribution < 1.29 is 0 Å². The van der Waals surface area contributed by atoms with Crippen LogP contribution in [-0.2, 0) is 21.7 Å². The molecule has 0 heterocycles. The molecule has 0 amide bonds. The highest BCUT2D eigenvalue weighted by Crippen LogP contribution is 2.54. The van der Waals surface area contributed by atoms with Gasteiger partial charge in [0.05, 0.1) is 0 Å². The maximum atomic E-state index is 2.50. The SMILES string of the molecule is CC(C)(C)c1ccc2c(c1)C(C)(C)c1cc(C(C)(C)C)cc(-c3ccc(-c4ccc(-c5ccc6ccc7cc(C(C)(C)C)cc8ccc5c6c78)cc4)cc3)c1-2. The number of rotatable bonds is 3. The predicted molar refractivity (Wildman–Crippen MR) is 240 cm³/mol. The van der Waals surface area contributed by atoms with E-state index in [1.165, 1.54) is 105 Å². The van der Waals surface area contributed by atoms with E-state index in [4.69, 9.17) is 0 Å². The van der Waals surface area contributed by atoms with Gasteiger partial charge >= 0.3 is 0 Å². The third-order valence-electron chi connectivity index (χ3n) is 12.7. The number of benzene rings is 8. The molecule has 0 saturated heterocycles. The molecule has 0 fully saturated rings. The second-order valence-corrected chi connectivity index (χ2v) is 19.9. The standard InChI is InChI=1S/C55H54/c1-52(2,3)40-24-27-45-47(31-40)55(10,11)48-32-42(54(7,8)9)30-46(51(45)48)36-18-14-34(15-19-36)33-12-16-35(17-13-33)43-25-22-37-20-21-38-28-41(53(4,5)6)29-39-23-26-44(43)50(37)49(38)39/h12-32H,1-11H3. The average molecular weight is 715 g/mol. The van der Waals surface area contributed by atoms with Crippen molar-refractivity contribution in [2.24, 2.45) is 0 Å². The van der Waals surface area contributed by atoms with E-state index in [9.17, 15) is 0 Å². The van der Waals surface area contributed by atoms with Gasteiger partial charge in [-0.25, -0.2) is 0 Å². The van der Waals surface area contributed by atoms with E-state index < -0.39 is 0 Å². The van der Waals surface area contributed by atoms with Crippen LogP contribution in [-0.4, -0.2) is 0 Å². The molecule has 0 nitrogen and oxygen atoms in total. The highest BCUT2D eigenvalue weighted by atomic mass is 14.4. The first-order valence-electron chi connectivity index (χ1n) is 20.2. The van der Waals surface area contributed by atoms with Crippen molar-refractivity contribution in [1.82, 2.24) is 0 Å². The Hall–Kier alpha value is -5.20. The summed E-state index contributed by atoms with van der Waals surface area (Å²) < 4.78 is 0. The molecule has 9 rings (SSSR count). The fourth-order valence-corrected chi connectivity index (χ4v) is 9.17. The van der Waals surface area contributed by atoms with Crippen LogP contribution in [0.1, 0.15) is 104 Å². The van der Waals surface area contributed by atoms with Crippen LogP contribution in [0.5, 0.6) is 0 Å². The quantitative estimate of drug-likeness (QED) is 0.160. The smallest absolute Gasteiger partial charge is 0.0159 e. The van der Waals surface area contributed by atoms with E-state index in [0.717, 1.165) is 0 Å². The molecule has 0 heteroatoms. The van der Waals surface area contributed by atoms with Crippen molar-refractivity contribution in [3.8, 4) is 44.5 Å². The Balaban J connectivity index is 1.09. The molecule has 0 aromatic heterocycles. The first-order chi connectivity index (χ1) is 25.9. The van der Waals surface area contributed by atoms with Gasteiger partial charge in [-0.15, -0.1) is 0 Å². The summed E-state index contributed by atoms with van der Waals surface area (Å²) in [6.45, 7) is 25.7. The summed E-state index contributed by atoms with van der Waals surface area (Å²) in [4.78, 5) is 0. The van der Waals surface area contributed by atoms with Gasteiger partial charge in [-0.1, -0.05) is 197 Å². The maximum absolute atomic E-state index is 2.50. The van der Waals surface area contributed by atoms with Crippen molar-refractivity contribution in [2.45, 2.75) is 97.8 Å². The molecular formula is C55H54. The van der Waals surface area contributed by atoms with Gasteiger partial charge in [-0.05, 0) is 127 Å². The largest absolute Gasteiger partial charge is 0.0579 e. The fourth-order valence-electron chi connectivity index (χ4n) is 9.17. The average Bonchev–Trinajstić information content (AvgIpc) is 3.38. The Morgan fingerprint density at radius 2 is 0.800 bits per heavy atom. The summed E-state index contributed by atoms with van der Waals surface area (Å²) >= 11 is 0. The lowest BCUT2D eigenvalue weighted by Gasteiger charge is -2.27. The van der Waals surface area contributed by atoms with E-state index in [2.05, 4.69) is 204 Å². The van der Waals surface area contributed by atoms with Crippen molar-refractivity contribution in [3.63, 3.8) is 0 Å². The third kappa shape index (κ3) is 5.71. The Morgan fingerprint density at radius 3 is 1.38 bits per heavy atom. The van der Waals surface area contributed by atoms with Gasteiger partial charge in [0.25, 0.3) is 0 Å². The van der Waals surface area contributed by atoms with E-state index in [1.807, 2.05) is 0 Å². The van der Waals surface area contributed by atoms with E-state index in [-0.39, 0.29) is 21.7 Å². The lowest BCUT2D eigenvalue weighted by Crippen LogP contribution is -2.19. The predicted octanol–water partition coefficient (Wildman–Crippen LogP) is 15.8. The minimum Gasteiger partial charge on any atom is -0.0579 e. The highest BCUT2D eigenvalue weighted by molar-refractivity contribution is 6.25. The second kappa shape index (κ2) is 11.9. The Labute approximate surface area is 328 Å². The summed E-state index contributed by atoms with van der Waals surface area (Å²) in [7, 11) is 0. The number of fused-ring (bicyclic) bond motifs is 3. The fraction of sp³-hybridized carbons (Fsp3) is 0.273. The summed E-state index contributed by atoms with van der Waals surface area (Å²) in [5, 5.41) is 8.03. The molecule has 0 saturated carbocycles. The first-order valence-corrected chi connectivity index (χ1v) is 20.2. The minimum absolute atomic E-state index is 0.0391. The van der Waals surface area contributed by atoms with Crippen LogP contribution in [0, 0.1) is 0 Å². The topological polar surface area (TPSA) is 0 Å². The number of hydrogen-bond acceptors (Lipinski definition) is 0. The van der Waals surface area contributed by atoms with Gasteiger partial charge in [0.1, 0.15) is 0 Å². The van der Waals surface area contributed by atoms with Gasteiger partial charge in [0, 0.05) is 5.41 Å². The summed E-state index contributed by atoms with van der Waals surface area (Å²) in [5.74, 6) is 0. The monoisotopic (exact) mass is 714 g/mol. The van der Waals surface area contributed by atoms with E-state index >= 15 is 0 Å².